The maximum absolute atomic E-state index is 11.8. The van der Waals surface area contributed by atoms with Crippen molar-refractivity contribution in [3.05, 3.63) is 60.4 Å². The van der Waals surface area contributed by atoms with Gasteiger partial charge in [-0.3, -0.25) is 9.78 Å². The van der Waals surface area contributed by atoms with Gasteiger partial charge in [-0.1, -0.05) is 6.07 Å². The standard InChI is InChI=1S/C17H18N2O3/c1-21-11-12-22-16-7-5-15(6-8-16)19-17(20)9-4-14-3-2-10-18-13-14/h2-10,13H,11-12H2,1H3,(H,19,20). The van der Waals surface area contributed by atoms with E-state index < -0.39 is 0 Å². The molecule has 0 aliphatic heterocycles. The fourth-order valence-corrected chi connectivity index (χ4v) is 1.71. The number of ether oxygens (including phenoxy) is 2. The minimum Gasteiger partial charge on any atom is -0.491 e. The van der Waals surface area contributed by atoms with Crippen molar-refractivity contribution in [2.75, 3.05) is 25.6 Å². The highest BCUT2D eigenvalue weighted by molar-refractivity contribution is 6.01. The van der Waals surface area contributed by atoms with Gasteiger partial charge in [-0.15, -0.1) is 0 Å². The summed E-state index contributed by atoms with van der Waals surface area (Å²) in [5, 5.41) is 2.78. The molecule has 1 aromatic carbocycles. The number of rotatable bonds is 7. The quantitative estimate of drug-likeness (QED) is 0.631. The van der Waals surface area contributed by atoms with Crippen LogP contribution < -0.4 is 10.1 Å². The smallest absolute Gasteiger partial charge is 0.248 e. The van der Waals surface area contributed by atoms with Gasteiger partial charge in [0, 0.05) is 31.3 Å². The predicted molar refractivity (Wildman–Crippen MR) is 85.7 cm³/mol. The van der Waals surface area contributed by atoms with Crippen molar-refractivity contribution in [2.24, 2.45) is 0 Å². The summed E-state index contributed by atoms with van der Waals surface area (Å²) in [4.78, 5) is 15.8. The average Bonchev–Trinajstić information content (AvgIpc) is 2.56. The lowest BCUT2D eigenvalue weighted by Crippen LogP contribution is -2.08. The number of amides is 1. The Bertz CT molecular complexity index is 610. The molecule has 1 N–H and O–H groups in total. The van der Waals surface area contributed by atoms with Crippen molar-refractivity contribution < 1.29 is 14.3 Å². The normalized spacial score (nSPS) is 10.6. The molecule has 5 heteroatoms. The van der Waals surface area contributed by atoms with Crippen molar-refractivity contribution in [3.63, 3.8) is 0 Å². The average molecular weight is 298 g/mol. The first-order valence-corrected chi connectivity index (χ1v) is 6.89. The maximum Gasteiger partial charge on any atom is 0.248 e. The molecule has 0 unspecified atom stereocenters. The Morgan fingerprint density at radius 3 is 2.73 bits per heavy atom. The number of benzene rings is 1. The van der Waals surface area contributed by atoms with Crippen LogP contribution in [0.1, 0.15) is 5.56 Å². The molecule has 2 rings (SSSR count). The van der Waals surface area contributed by atoms with Crippen LogP contribution in [-0.2, 0) is 9.53 Å². The van der Waals surface area contributed by atoms with Crippen LogP contribution in [0.2, 0.25) is 0 Å². The number of hydrogen-bond donors (Lipinski definition) is 1. The van der Waals surface area contributed by atoms with Crippen molar-refractivity contribution in [1.29, 1.82) is 0 Å². The van der Waals surface area contributed by atoms with E-state index in [0.717, 1.165) is 11.3 Å². The molecule has 0 fully saturated rings. The van der Waals surface area contributed by atoms with Gasteiger partial charge in [0.2, 0.25) is 5.91 Å². The van der Waals surface area contributed by atoms with Gasteiger partial charge in [0.15, 0.2) is 0 Å². The summed E-state index contributed by atoms with van der Waals surface area (Å²) in [6.45, 7) is 1.04. The van der Waals surface area contributed by atoms with Crippen LogP contribution in [0.15, 0.2) is 54.9 Å². The Kier molecular flexibility index (Phi) is 6.14. The van der Waals surface area contributed by atoms with E-state index in [2.05, 4.69) is 10.3 Å². The van der Waals surface area contributed by atoms with E-state index in [9.17, 15) is 4.79 Å². The van der Waals surface area contributed by atoms with E-state index in [1.54, 1.807) is 49.8 Å². The molecule has 0 saturated heterocycles. The number of methoxy groups -OCH3 is 1. The lowest BCUT2D eigenvalue weighted by Gasteiger charge is -2.07. The molecular formula is C17H18N2O3. The Labute approximate surface area is 129 Å². The molecule has 1 amide bonds. The molecule has 114 valence electrons. The Morgan fingerprint density at radius 1 is 1.23 bits per heavy atom. The van der Waals surface area contributed by atoms with Crippen LogP contribution in [-0.4, -0.2) is 31.2 Å². The van der Waals surface area contributed by atoms with Crippen LogP contribution in [0.5, 0.6) is 5.75 Å². The van der Waals surface area contributed by atoms with Crippen LogP contribution in [0.4, 0.5) is 5.69 Å². The third kappa shape index (κ3) is 5.38. The Morgan fingerprint density at radius 2 is 2.05 bits per heavy atom. The zero-order valence-electron chi connectivity index (χ0n) is 12.4. The second-order valence-electron chi connectivity index (χ2n) is 4.47. The number of pyridine rings is 1. The minimum atomic E-state index is -0.197. The van der Waals surface area contributed by atoms with Gasteiger partial charge in [0.05, 0.1) is 6.61 Å². The first kappa shape index (κ1) is 15.7. The predicted octanol–water partition coefficient (Wildman–Crippen LogP) is 2.76. The van der Waals surface area contributed by atoms with Crippen LogP contribution in [0.25, 0.3) is 6.08 Å². The van der Waals surface area contributed by atoms with Crippen molar-refractivity contribution >= 4 is 17.7 Å². The van der Waals surface area contributed by atoms with E-state index >= 15 is 0 Å². The number of aromatic nitrogens is 1. The summed E-state index contributed by atoms with van der Waals surface area (Å²) >= 11 is 0. The molecular weight excluding hydrogens is 280 g/mol. The molecule has 0 spiro atoms. The van der Waals surface area contributed by atoms with Gasteiger partial charge in [-0.2, -0.15) is 0 Å². The number of carbonyl (C=O) groups is 1. The van der Waals surface area contributed by atoms with Crippen LogP contribution in [0.3, 0.4) is 0 Å². The van der Waals surface area contributed by atoms with E-state index in [4.69, 9.17) is 9.47 Å². The fourth-order valence-electron chi connectivity index (χ4n) is 1.71. The largest absolute Gasteiger partial charge is 0.491 e. The molecule has 5 nitrogen and oxygen atoms in total. The van der Waals surface area contributed by atoms with E-state index in [0.29, 0.717) is 18.9 Å². The van der Waals surface area contributed by atoms with E-state index in [-0.39, 0.29) is 5.91 Å². The first-order valence-electron chi connectivity index (χ1n) is 6.89. The summed E-state index contributed by atoms with van der Waals surface area (Å²) in [7, 11) is 1.63. The van der Waals surface area contributed by atoms with E-state index in [1.165, 1.54) is 6.08 Å². The number of nitrogens with one attached hydrogen (secondary N) is 1. The summed E-state index contributed by atoms with van der Waals surface area (Å²) in [5.41, 5.74) is 1.58. The van der Waals surface area contributed by atoms with E-state index in [1.807, 2.05) is 12.1 Å². The number of anilines is 1. The van der Waals surface area contributed by atoms with Gasteiger partial charge in [-0.05, 0) is 42.0 Å². The molecule has 1 aromatic heterocycles. The van der Waals surface area contributed by atoms with Crippen LogP contribution >= 0.6 is 0 Å². The Hall–Kier alpha value is -2.66. The van der Waals surface area contributed by atoms with Gasteiger partial charge in [-0.25, -0.2) is 0 Å². The van der Waals surface area contributed by atoms with Gasteiger partial charge >= 0.3 is 0 Å². The number of hydrogen-bond acceptors (Lipinski definition) is 4. The summed E-state index contributed by atoms with van der Waals surface area (Å²) in [6, 6.07) is 10.9. The molecule has 0 aliphatic rings. The second kappa shape index (κ2) is 8.59. The maximum atomic E-state index is 11.8. The molecule has 0 atom stereocenters. The highest BCUT2D eigenvalue weighted by Gasteiger charge is 1.99. The topological polar surface area (TPSA) is 60.5 Å². The fraction of sp³-hybridized carbons (Fsp3) is 0.176. The molecule has 1 heterocycles. The summed E-state index contributed by atoms with van der Waals surface area (Å²) < 4.78 is 10.4. The summed E-state index contributed by atoms with van der Waals surface area (Å²) in [5.74, 6) is 0.540. The zero-order valence-corrected chi connectivity index (χ0v) is 12.4. The number of carbonyl (C=O) groups excluding carboxylic acids is 1. The van der Waals surface area contributed by atoms with Crippen molar-refractivity contribution in [2.45, 2.75) is 0 Å². The molecule has 22 heavy (non-hydrogen) atoms. The molecule has 0 aliphatic carbocycles. The van der Waals surface area contributed by atoms with Gasteiger partial charge in [0.1, 0.15) is 12.4 Å². The van der Waals surface area contributed by atoms with Gasteiger partial charge in [0.25, 0.3) is 0 Å². The molecule has 2 aromatic rings. The highest BCUT2D eigenvalue weighted by atomic mass is 16.5. The number of nitrogens with zero attached hydrogens (tertiary/aromatic N) is 1. The zero-order chi connectivity index (χ0) is 15.6. The summed E-state index contributed by atoms with van der Waals surface area (Å²) in [6.07, 6.45) is 6.56. The molecule has 0 saturated carbocycles. The minimum absolute atomic E-state index is 0.197. The third-order valence-corrected chi connectivity index (χ3v) is 2.79. The second-order valence-corrected chi connectivity index (χ2v) is 4.47. The first-order chi connectivity index (χ1) is 10.8. The van der Waals surface area contributed by atoms with Gasteiger partial charge < -0.3 is 14.8 Å². The third-order valence-electron chi connectivity index (χ3n) is 2.79. The highest BCUT2D eigenvalue weighted by Crippen LogP contribution is 2.15. The van der Waals surface area contributed by atoms with Crippen molar-refractivity contribution in [1.82, 2.24) is 4.98 Å². The lowest BCUT2D eigenvalue weighted by atomic mass is 10.2. The molecule has 0 bridgehead atoms. The Balaban J connectivity index is 1.85. The van der Waals surface area contributed by atoms with Crippen LogP contribution in [0, 0.1) is 0 Å². The van der Waals surface area contributed by atoms with Crippen molar-refractivity contribution in [3.8, 4) is 5.75 Å². The SMILES string of the molecule is COCCOc1ccc(NC(=O)C=Cc2cccnc2)cc1. The lowest BCUT2D eigenvalue weighted by molar-refractivity contribution is -0.111. The molecule has 0 radical (unpaired) electrons. The monoisotopic (exact) mass is 298 g/mol.